The highest BCUT2D eigenvalue weighted by Gasteiger charge is 2.50. The van der Waals surface area contributed by atoms with Gasteiger partial charge in [0.2, 0.25) is 0 Å². The normalized spacial score (nSPS) is 13.5. The van der Waals surface area contributed by atoms with Gasteiger partial charge in [0.25, 0.3) is 0 Å². The molecule has 3 heteroatoms. The summed E-state index contributed by atoms with van der Waals surface area (Å²) in [4.78, 5) is 12.9. The van der Waals surface area contributed by atoms with E-state index in [0.29, 0.717) is 0 Å². The second-order valence-electron chi connectivity index (χ2n) is 13.7. The average Bonchev–Trinajstić information content (AvgIpc) is 3.51. The second-order valence-corrected chi connectivity index (χ2v) is 14.8. The molecule has 1 aliphatic heterocycles. The van der Waals surface area contributed by atoms with Crippen LogP contribution in [0.2, 0.25) is 0 Å². The van der Waals surface area contributed by atoms with Crippen LogP contribution in [-0.2, 0) is 5.41 Å². The van der Waals surface area contributed by atoms with E-state index in [9.17, 15) is 0 Å². The van der Waals surface area contributed by atoms with Crippen LogP contribution in [0.15, 0.2) is 192 Å². The van der Waals surface area contributed by atoms with Gasteiger partial charge in [0.15, 0.2) is 5.82 Å². The summed E-state index contributed by atoms with van der Waals surface area (Å²) in [5, 5.41) is 3.44. The topological polar surface area (TPSA) is 25.8 Å². The van der Waals surface area contributed by atoms with Crippen molar-refractivity contribution < 1.29 is 0 Å². The van der Waals surface area contributed by atoms with Gasteiger partial charge in [-0.2, -0.15) is 0 Å². The molecule has 0 amide bonds. The van der Waals surface area contributed by atoms with Crippen LogP contribution in [0.1, 0.15) is 22.3 Å². The Morgan fingerprint density at radius 1 is 0.385 bits per heavy atom. The predicted molar refractivity (Wildman–Crippen MR) is 215 cm³/mol. The molecule has 1 aromatic heterocycles. The van der Waals surface area contributed by atoms with E-state index in [0.717, 1.165) is 33.5 Å². The summed E-state index contributed by atoms with van der Waals surface area (Å²) in [7, 11) is 0. The molecule has 0 unspecified atom stereocenters. The van der Waals surface area contributed by atoms with Gasteiger partial charge in [0.05, 0.1) is 16.6 Å². The summed E-state index contributed by atoms with van der Waals surface area (Å²) >= 11 is 1.88. The van der Waals surface area contributed by atoms with Gasteiger partial charge in [-0.15, -0.1) is 0 Å². The molecule has 0 radical (unpaired) electrons. The number of benzene rings is 8. The number of fused-ring (bicyclic) bond motifs is 11. The van der Waals surface area contributed by atoms with Crippen molar-refractivity contribution in [2.24, 2.45) is 0 Å². The van der Waals surface area contributed by atoms with Crippen molar-refractivity contribution in [3.05, 3.63) is 204 Å². The van der Waals surface area contributed by atoms with E-state index >= 15 is 0 Å². The van der Waals surface area contributed by atoms with Crippen molar-refractivity contribution in [2.45, 2.75) is 15.2 Å². The van der Waals surface area contributed by atoms with E-state index in [1.165, 1.54) is 65.1 Å². The molecule has 11 rings (SSSR count). The van der Waals surface area contributed by atoms with Crippen molar-refractivity contribution in [3.63, 3.8) is 0 Å². The first kappa shape index (κ1) is 29.4. The molecule has 0 atom stereocenters. The quantitative estimate of drug-likeness (QED) is 0.186. The van der Waals surface area contributed by atoms with Crippen LogP contribution in [0.4, 0.5) is 0 Å². The number of hydrogen-bond donors (Lipinski definition) is 0. The molecule has 1 spiro atoms. The van der Waals surface area contributed by atoms with Gasteiger partial charge in [-0.3, -0.25) is 0 Å². The van der Waals surface area contributed by atoms with Crippen molar-refractivity contribution in [1.29, 1.82) is 0 Å². The van der Waals surface area contributed by atoms with Crippen LogP contribution in [0.3, 0.4) is 0 Å². The molecule has 8 aromatic carbocycles. The molecule has 242 valence electrons. The van der Waals surface area contributed by atoms with E-state index in [1.54, 1.807) is 0 Å². The van der Waals surface area contributed by atoms with Crippen LogP contribution in [0.5, 0.6) is 0 Å². The van der Waals surface area contributed by atoms with Crippen LogP contribution in [-0.4, -0.2) is 9.97 Å². The smallest absolute Gasteiger partial charge is 0.160 e. The van der Waals surface area contributed by atoms with Gasteiger partial charge < -0.3 is 0 Å². The Kier molecular flexibility index (Phi) is 6.43. The minimum absolute atomic E-state index is 0.392. The van der Waals surface area contributed by atoms with Gasteiger partial charge in [0, 0.05) is 26.3 Å². The molecule has 0 bridgehead atoms. The first-order valence-corrected chi connectivity index (χ1v) is 18.6. The van der Waals surface area contributed by atoms with Gasteiger partial charge in [-0.05, 0) is 79.5 Å². The zero-order valence-electron chi connectivity index (χ0n) is 28.1. The maximum atomic E-state index is 5.25. The van der Waals surface area contributed by atoms with E-state index in [1.807, 2.05) is 11.8 Å². The summed E-state index contributed by atoms with van der Waals surface area (Å²) in [6.07, 6.45) is 0. The Morgan fingerprint density at radius 2 is 0.962 bits per heavy atom. The summed E-state index contributed by atoms with van der Waals surface area (Å²) in [5.74, 6) is 0.727. The second kappa shape index (κ2) is 11.4. The standard InChI is InChI=1S/C49H30N2S/c1-2-14-35-32(12-1)13-11-18-38(35)47-39-17-5-9-22-44(39)50-48(51-47)33-26-24-31(25-27-33)34-28-29-46-43(30-34)49(42-21-8-10-23-45(42)52-46)40-19-6-3-15-36(40)37-16-4-7-20-41(37)49/h1-30H. The monoisotopic (exact) mass is 678 g/mol. The fourth-order valence-corrected chi connectivity index (χ4v) is 9.86. The predicted octanol–water partition coefficient (Wildman–Crippen LogP) is 12.6. The van der Waals surface area contributed by atoms with Crippen molar-refractivity contribution in [2.75, 3.05) is 0 Å². The Balaban J connectivity index is 1.05. The van der Waals surface area contributed by atoms with Crippen LogP contribution < -0.4 is 0 Å². The fourth-order valence-electron chi connectivity index (χ4n) is 8.69. The van der Waals surface area contributed by atoms with Gasteiger partial charge >= 0.3 is 0 Å². The molecule has 0 saturated carbocycles. The van der Waals surface area contributed by atoms with Crippen molar-refractivity contribution in [3.8, 4) is 44.9 Å². The van der Waals surface area contributed by atoms with E-state index < -0.39 is 5.41 Å². The number of nitrogens with zero attached hydrogens (tertiary/aromatic N) is 2. The molecule has 0 N–H and O–H groups in total. The van der Waals surface area contributed by atoms with E-state index in [2.05, 4.69) is 182 Å². The number of aromatic nitrogens is 2. The van der Waals surface area contributed by atoms with Gasteiger partial charge in [0.1, 0.15) is 0 Å². The van der Waals surface area contributed by atoms with Crippen LogP contribution in [0, 0.1) is 0 Å². The van der Waals surface area contributed by atoms with Crippen LogP contribution in [0.25, 0.3) is 66.6 Å². The maximum Gasteiger partial charge on any atom is 0.160 e. The molecule has 52 heavy (non-hydrogen) atoms. The molecular formula is C49H30N2S. The molecule has 9 aromatic rings. The van der Waals surface area contributed by atoms with Crippen molar-refractivity contribution in [1.82, 2.24) is 9.97 Å². The first-order valence-electron chi connectivity index (χ1n) is 17.7. The lowest BCUT2D eigenvalue weighted by Crippen LogP contribution is -2.32. The van der Waals surface area contributed by atoms with Gasteiger partial charge in [-0.25, -0.2) is 9.97 Å². The molecule has 0 fully saturated rings. The Morgan fingerprint density at radius 3 is 1.77 bits per heavy atom. The summed E-state index contributed by atoms with van der Waals surface area (Å²) in [5.41, 5.74) is 14.0. The highest BCUT2D eigenvalue weighted by Crippen LogP contribution is 2.62. The van der Waals surface area contributed by atoms with E-state index in [-0.39, 0.29) is 0 Å². The Bertz CT molecular complexity index is 2840. The lowest BCUT2D eigenvalue weighted by Gasteiger charge is -2.40. The average molecular weight is 679 g/mol. The highest BCUT2D eigenvalue weighted by atomic mass is 32.2. The maximum absolute atomic E-state index is 5.25. The Labute approximate surface area is 306 Å². The third kappa shape index (κ3) is 4.20. The van der Waals surface area contributed by atoms with Crippen LogP contribution >= 0.6 is 11.8 Å². The first-order chi connectivity index (χ1) is 25.8. The highest BCUT2D eigenvalue weighted by molar-refractivity contribution is 7.99. The third-order valence-electron chi connectivity index (χ3n) is 11.0. The lowest BCUT2D eigenvalue weighted by atomic mass is 9.67. The molecule has 2 aliphatic rings. The number of rotatable bonds is 3. The van der Waals surface area contributed by atoms with Crippen molar-refractivity contribution >= 4 is 33.4 Å². The lowest BCUT2D eigenvalue weighted by molar-refractivity contribution is 0.723. The Hall–Kier alpha value is -6.29. The minimum Gasteiger partial charge on any atom is -0.228 e. The molecule has 2 nitrogen and oxygen atoms in total. The molecule has 0 saturated heterocycles. The molecular weight excluding hydrogens is 649 g/mol. The SMILES string of the molecule is c1ccc2c(c1)Sc1ccc(-c3ccc(-c4nc(-c5cccc6ccccc56)c5ccccc5n4)cc3)cc1C21c2ccccc2-c2ccccc21. The van der Waals surface area contributed by atoms with Gasteiger partial charge in [-0.1, -0.05) is 169 Å². The summed E-state index contributed by atoms with van der Waals surface area (Å²) in [6.45, 7) is 0. The zero-order chi connectivity index (χ0) is 34.2. The number of hydrogen-bond acceptors (Lipinski definition) is 3. The zero-order valence-corrected chi connectivity index (χ0v) is 28.9. The fraction of sp³-hybridized carbons (Fsp3) is 0.0204. The van der Waals surface area contributed by atoms with E-state index in [4.69, 9.17) is 9.97 Å². The largest absolute Gasteiger partial charge is 0.228 e. The third-order valence-corrected chi connectivity index (χ3v) is 12.1. The number of para-hydroxylation sites is 1. The summed E-state index contributed by atoms with van der Waals surface area (Å²) < 4.78 is 0. The molecule has 1 aliphatic carbocycles. The minimum atomic E-state index is -0.392. The molecule has 2 heterocycles. The summed E-state index contributed by atoms with van der Waals surface area (Å²) in [6, 6.07) is 66.1.